The third-order valence-electron chi connectivity index (χ3n) is 4.53. The third kappa shape index (κ3) is 5.01. The van der Waals surface area contributed by atoms with Crippen molar-refractivity contribution in [2.24, 2.45) is 0 Å². The van der Waals surface area contributed by atoms with Crippen LogP contribution in [0.25, 0.3) is 10.2 Å². The Bertz CT molecular complexity index is 770. The summed E-state index contributed by atoms with van der Waals surface area (Å²) in [6.45, 7) is 6.47. The van der Waals surface area contributed by atoms with E-state index in [4.69, 9.17) is 14.5 Å². The van der Waals surface area contributed by atoms with Gasteiger partial charge in [-0.05, 0) is 25.1 Å². The topological polar surface area (TPSA) is 75.7 Å². The molecular weight excluding hydrogens is 411 g/mol. The molecule has 7 nitrogen and oxygen atoms in total. The maximum atomic E-state index is 12.5. The number of carbonyl (C=O) groups is 1. The highest BCUT2D eigenvalue weighted by Crippen LogP contribution is 2.31. The molecule has 4 rings (SSSR count). The number of fused-ring (bicyclic) bond motifs is 1. The summed E-state index contributed by atoms with van der Waals surface area (Å²) in [5.41, 5.74) is 1.74. The van der Waals surface area contributed by atoms with Crippen LogP contribution in [-0.2, 0) is 14.3 Å². The first-order valence-electron chi connectivity index (χ1n) is 8.60. The zero-order valence-electron chi connectivity index (χ0n) is 15.0. The molecule has 0 aliphatic carbocycles. The van der Waals surface area contributed by atoms with E-state index in [9.17, 15) is 4.79 Å². The second-order valence-electron chi connectivity index (χ2n) is 6.28. The average molecular weight is 435 g/mol. The molecule has 150 valence electrons. The number of thiazole rings is 1. The summed E-state index contributed by atoms with van der Waals surface area (Å²) in [5, 5.41) is 7.21. The molecule has 0 spiro atoms. The number of carbonyl (C=O) groups excluding carboxylic acids is 1. The standard InChI is InChI=1S/C17H22N4O3S.2ClH/c1-11-15(18-4-7-24-11)16(22)19-12-2-3-13-14(10-12)25-17(20-13)21-5-8-23-9-6-21;;/h2-3,10-11,15,18H,4-9H2,1H3,(H,19,22);2*1H/t11-,15+;;/m1../s1. The highest BCUT2D eigenvalue weighted by molar-refractivity contribution is 7.22. The van der Waals surface area contributed by atoms with Gasteiger partial charge >= 0.3 is 0 Å². The number of ether oxygens (including phenoxy) is 2. The average Bonchev–Trinajstić information content (AvgIpc) is 3.06. The smallest absolute Gasteiger partial charge is 0.244 e. The molecule has 2 aliphatic heterocycles. The summed E-state index contributed by atoms with van der Waals surface area (Å²) in [4.78, 5) is 19.4. The monoisotopic (exact) mass is 434 g/mol. The van der Waals surface area contributed by atoms with Crippen LogP contribution in [0.15, 0.2) is 18.2 Å². The molecule has 2 aliphatic rings. The first kappa shape index (κ1) is 22.1. The van der Waals surface area contributed by atoms with Crippen LogP contribution in [0.4, 0.5) is 10.8 Å². The van der Waals surface area contributed by atoms with E-state index >= 15 is 0 Å². The Kier molecular flexibility index (Phi) is 8.08. The Morgan fingerprint density at radius 3 is 2.81 bits per heavy atom. The number of anilines is 2. The highest BCUT2D eigenvalue weighted by Gasteiger charge is 2.28. The molecule has 1 aromatic heterocycles. The van der Waals surface area contributed by atoms with Gasteiger partial charge in [-0.15, -0.1) is 24.8 Å². The van der Waals surface area contributed by atoms with Crippen LogP contribution in [0.3, 0.4) is 0 Å². The SMILES string of the molecule is C[C@H]1OCCN[C@@H]1C(=O)Nc1ccc2nc(N3CCOCC3)sc2c1.Cl.Cl. The van der Waals surface area contributed by atoms with Gasteiger partial charge in [0, 0.05) is 25.3 Å². The number of hydrogen-bond acceptors (Lipinski definition) is 7. The van der Waals surface area contributed by atoms with Crippen LogP contribution in [-0.4, -0.2) is 62.5 Å². The van der Waals surface area contributed by atoms with E-state index in [0.29, 0.717) is 13.2 Å². The van der Waals surface area contributed by atoms with Crippen LogP contribution >= 0.6 is 36.2 Å². The van der Waals surface area contributed by atoms with Crippen molar-refractivity contribution in [3.8, 4) is 0 Å². The van der Waals surface area contributed by atoms with E-state index in [-0.39, 0.29) is 42.9 Å². The lowest BCUT2D eigenvalue weighted by Gasteiger charge is -2.29. The number of hydrogen-bond donors (Lipinski definition) is 2. The van der Waals surface area contributed by atoms with Gasteiger partial charge < -0.3 is 25.0 Å². The lowest BCUT2D eigenvalue weighted by molar-refractivity contribution is -0.123. The Balaban J connectivity index is 0.00000131. The Hall–Kier alpha value is -1.16. The molecule has 1 amide bonds. The molecule has 10 heteroatoms. The molecule has 0 unspecified atom stereocenters. The maximum absolute atomic E-state index is 12.5. The van der Waals surface area contributed by atoms with Gasteiger partial charge in [-0.2, -0.15) is 0 Å². The van der Waals surface area contributed by atoms with E-state index in [2.05, 4.69) is 15.5 Å². The molecule has 2 aromatic rings. The fraction of sp³-hybridized carbons (Fsp3) is 0.529. The van der Waals surface area contributed by atoms with Gasteiger partial charge in [0.25, 0.3) is 0 Å². The Morgan fingerprint density at radius 1 is 1.30 bits per heavy atom. The summed E-state index contributed by atoms with van der Waals surface area (Å²) in [6.07, 6.45) is -0.131. The molecule has 2 atom stereocenters. The molecule has 2 N–H and O–H groups in total. The van der Waals surface area contributed by atoms with Crippen molar-refractivity contribution in [1.82, 2.24) is 10.3 Å². The third-order valence-corrected chi connectivity index (χ3v) is 5.60. The van der Waals surface area contributed by atoms with Crippen LogP contribution in [0.5, 0.6) is 0 Å². The van der Waals surface area contributed by atoms with E-state index in [1.165, 1.54) is 0 Å². The quantitative estimate of drug-likeness (QED) is 0.771. The largest absolute Gasteiger partial charge is 0.378 e. The molecular formula is C17H24Cl2N4O3S. The normalized spacial score (nSPS) is 22.6. The van der Waals surface area contributed by atoms with Crippen molar-refractivity contribution in [2.45, 2.75) is 19.1 Å². The van der Waals surface area contributed by atoms with Crippen LogP contribution in [0.2, 0.25) is 0 Å². The minimum atomic E-state index is -0.324. The summed E-state index contributed by atoms with van der Waals surface area (Å²) in [6, 6.07) is 5.52. The Labute approximate surface area is 174 Å². The van der Waals surface area contributed by atoms with Gasteiger partial charge in [-0.1, -0.05) is 11.3 Å². The summed E-state index contributed by atoms with van der Waals surface area (Å²) in [5.74, 6) is -0.0653. The predicted octanol–water partition coefficient (Wildman–Crippen LogP) is 2.29. The molecule has 27 heavy (non-hydrogen) atoms. The molecule has 0 bridgehead atoms. The number of halogens is 2. The van der Waals surface area contributed by atoms with Gasteiger partial charge in [0.1, 0.15) is 6.04 Å². The van der Waals surface area contributed by atoms with E-state index in [0.717, 1.165) is 47.3 Å². The van der Waals surface area contributed by atoms with Crippen molar-refractivity contribution in [2.75, 3.05) is 49.7 Å². The minimum absolute atomic E-state index is 0. The minimum Gasteiger partial charge on any atom is -0.378 e. The fourth-order valence-electron chi connectivity index (χ4n) is 3.13. The summed E-state index contributed by atoms with van der Waals surface area (Å²) >= 11 is 1.65. The van der Waals surface area contributed by atoms with E-state index in [1.54, 1.807) is 11.3 Å². The molecule has 0 saturated carbocycles. The molecule has 0 radical (unpaired) electrons. The zero-order chi connectivity index (χ0) is 17.2. The number of morpholine rings is 2. The number of rotatable bonds is 3. The van der Waals surface area contributed by atoms with Gasteiger partial charge in [-0.3, -0.25) is 4.79 Å². The molecule has 2 fully saturated rings. The van der Waals surface area contributed by atoms with Crippen molar-refractivity contribution in [3.63, 3.8) is 0 Å². The maximum Gasteiger partial charge on any atom is 0.244 e. The molecule has 2 saturated heterocycles. The number of aromatic nitrogens is 1. The zero-order valence-corrected chi connectivity index (χ0v) is 17.4. The summed E-state index contributed by atoms with van der Waals surface area (Å²) in [7, 11) is 0. The van der Waals surface area contributed by atoms with Crippen molar-refractivity contribution in [3.05, 3.63) is 18.2 Å². The van der Waals surface area contributed by atoms with E-state index < -0.39 is 0 Å². The first-order chi connectivity index (χ1) is 12.2. The second kappa shape index (κ2) is 9.86. The fourth-order valence-corrected chi connectivity index (χ4v) is 4.18. The van der Waals surface area contributed by atoms with Gasteiger partial charge in [0.2, 0.25) is 5.91 Å². The second-order valence-corrected chi connectivity index (χ2v) is 7.28. The lowest BCUT2D eigenvalue weighted by atomic mass is 10.1. The van der Waals surface area contributed by atoms with Crippen molar-refractivity contribution in [1.29, 1.82) is 0 Å². The van der Waals surface area contributed by atoms with Gasteiger partial charge in [0.05, 0.1) is 36.1 Å². The van der Waals surface area contributed by atoms with Crippen LogP contribution in [0.1, 0.15) is 6.92 Å². The van der Waals surface area contributed by atoms with Crippen LogP contribution < -0.4 is 15.5 Å². The first-order valence-corrected chi connectivity index (χ1v) is 9.41. The van der Waals surface area contributed by atoms with Gasteiger partial charge in [-0.25, -0.2) is 4.98 Å². The molecule has 1 aromatic carbocycles. The lowest BCUT2D eigenvalue weighted by Crippen LogP contribution is -2.53. The van der Waals surface area contributed by atoms with Crippen LogP contribution in [0, 0.1) is 0 Å². The Morgan fingerprint density at radius 2 is 2.07 bits per heavy atom. The predicted molar refractivity (Wildman–Crippen MR) is 113 cm³/mol. The number of nitrogens with one attached hydrogen (secondary N) is 2. The van der Waals surface area contributed by atoms with E-state index in [1.807, 2.05) is 25.1 Å². The van der Waals surface area contributed by atoms with Gasteiger partial charge in [0.15, 0.2) is 5.13 Å². The summed E-state index contributed by atoms with van der Waals surface area (Å²) < 4.78 is 12.0. The highest BCUT2D eigenvalue weighted by atomic mass is 35.5. The number of benzene rings is 1. The molecule has 3 heterocycles. The number of nitrogens with zero attached hydrogens (tertiary/aromatic N) is 2. The number of amides is 1. The van der Waals surface area contributed by atoms with Crippen molar-refractivity contribution < 1.29 is 14.3 Å². The van der Waals surface area contributed by atoms with Crippen molar-refractivity contribution >= 4 is 63.1 Å².